The predicted octanol–water partition coefficient (Wildman–Crippen LogP) is 1.41. The van der Waals surface area contributed by atoms with Crippen LogP contribution < -0.4 is 11.3 Å². The molecule has 11 heavy (non-hydrogen) atoms. The first-order valence-electron chi connectivity index (χ1n) is 2.61. The molecule has 60 valence electrons. The van der Waals surface area contributed by atoms with Crippen LogP contribution >= 0.6 is 31.9 Å². The van der Waals surface area contributed by atoms with Gasteiger partial charge in [-0.05, 0) is 31.9 Å². The number of hydrogen-bond donors (Lipinski definition) is 2. The third kappa shape index (κ3) is 1.82. The molecule has 1 aromatic rings. The smallest absolute Gasteiger partial charge is 0.300 e. The van der Waals surface area contributed by atoms with Crippen molar-refractivity contribution in [2.75, 3.05) is 0 Å². The first-order chi connectivity index (χ1) is 5.15. The van der Waals surface area contributed by atoms with E-state index in [0.717, 1.165) is 0 Å². The highest BCUT2D eigenvalue weighted by molar-refractivity contribution is 9.13. The Morgan fingerprint density at radius 3 is 2.64 bits per heavy atom. The maximum atomic E-state index is 10.8. The normalized spacial score (nSPS) is 9.73. The predicted molar refractivity (Wildman–Crippen MR) is 45.8 cm³/mol. The molecule has 0 unspecified atom stereocenters. The summed E-state index contributed by atoms with van der Waals surface area (Å²) in [6.07, 6.45) is 0. The van der Waals surface area contributed by atoms with Gasteiger partial charge in [0.15, 0.2) is 10.4 Å². The molecule has 0 aliphatic carbocycles. The van der Waals surface area contributed by atoms with E-state index < -0.39 is 5.91 Å². The van der Waals surface area contributed by atoms with E-state index in [-0.39, 0.29) is 5.76 Å². The van der Waals surface area contributed by atoms with Crippen molar-refractivity contribution >= 4 is 37.8 Å². The fourth-order valence-corrected chi connectivity index (χ4v) is 1.11. The number of halogens is 2. The minimum atomic E-state index is -0.462. The molecule has 6 heteroatoms. The lowest BCUT2D eigenvalue weighted by Crippen LogP contribution is -2.29. The molecule has 0 aliphatic rings. The molecule has 0 spiro atoms. The molecule has 4 nitrogen and oxygen atoms in total. The standard InChI is InChI=1S/C5H4Br2N2O2/c6-2-1-3(5(10)9-8)11-4(2)7/h1H,8H2,(H,9,10). The number of hydrogen-bond acceptors (Lipinski definition) is 3. The van der Waals surface area contributed by atoms with Crippen molar-refractivity contribution in [3.05, 3.63) is 21.0 Å². The minimum absolute atomic E-state index is 0.159. The van der Waals surface area contributed by atoms with Crippen molar-refractivity contribution in [3.8, 4) is 0 Å². The Kier molecular flexibility index (Phi) is 2.69. The molecule has 1 heterocycles. The fourth-order valence-electron chi connectivity index (χ4n) is 0.530. The summed E-state index contributed by atoms with van der Waals surface area (Å²) < 4.78 is 6.09. The second-order valence-electron chi connectivity index (χ2n) is 1.71. The maximum Gasteiger partial charge on any atom is 0.300 e. The lowest BCUT2D eigenvalue weighted by Gasteiger charge is -1.90. The monoisotopic (exact) mass is 282 g/mol. The maximum absolute atomic E-state index is 10.8. The molecule has 0 atom stereocenters. The molecule has 0 aliphatic heterocycles. The molecular formula is C5H4Br2N2O2. The average molecular weight is 284 g/mol. The number of carbonyl (C=O) groups is 1. The second kappa shape index (κ2) is 3.38. The Balaban J connectivity index is 2.97. The van der Waals surface area contributed by atoms with Crippen molar-refractivity contribution in [1.82, 2.24) is 5.43 Å². The van der Waals surface area contributed by atoms with Gasteiger partial charge in [-0.3, -0.25) is 10.2 Å². The Labute approximate surface area is 79.3 Å². The zero-order valence-corrected chi connectivity index (χ0v) is 8.40. The zero-order valence-electron chi connectivity index (χ0n) is 5.23. The van der Waals surface area contributed by atoms with Gasteiger partial charge < -0.3 is 4.42 Å². The number of nitrogens with one attached hydrogen (secondary N) is 1. The van der Waals surface area contributed by atoms with Crippen LogP contribution in [0.5, 0.6) is 0 Å². The Bertz CT molecular complexity index is 265. The second-order valence-corrected chi connectivity index (χ2v) is 3.28. The summed E-state index contributed by atoms with van der Waals surface area (Å²) in [4.78, 5) is 10.8. The number of carbonyl (C=O) groups excluding carboxylic acids is 1. The lowest BCUT2D eigenvalue weighted by molar-refractivity contribution is 0.0924. The van der Waals surface area contributed by atoms with Gasteiger partial charge in [0, 0.05) is 6.07 Å². The van der Waals surface area contributed by atoms with E-state index in [4.69, 9.17) is 10.3 Å². The number of nitrogens with two attached hydrogens (primary N) is 1. The van der Waals surface area contributed by atoms with Crippen LogP contribution in [0.3, 0.4) is 0 Å². The molecule has 1 aromatic heterocycles. The van der Waals surface area contributed by atoms with E-state index in [0.29, 0.717) is 9.14 Å². The summed E-state index contributed by atoms with van der Waals surface area (Å²) in [5.41, 5.74) is 1.95. The quantitative estimate of drug-likeness (QED) is 0.465. The van der Waals surface area contributed by atoms with Gasteiger partial charge in [-0.2, -0.15) is 0 Å². The SMILES string of the molecule is NNC(=O)c1cc(Br)c(Br)o1. The van der Waals surface area contributed by atoms with Crippen LogP contribution in [-0.2, 0) is 0 Å². The summed E-state index contributed by atoms with van der Waals surface area (Å²) >= 11 is 6.23. The summed E-state index contributed by atoms with van der Waals surface area (Å²) in [5, 5.41) is 0. The number of furan rings is 1. The van der Waals surface area contributed by atoms with Gasteiger partial charge in [0.2, 0.25) is 0 Å². The van der Waals surface area contributed by atoms with Gasteiger partial charge in [-0.15, -0.1) is 0 Å². The average Bonchev–Trinajstić information content (AvgIpc) is 2.31. The molecule has 0 aromatic carbocycles. The van der Waals surface area contributed by atoms with E-state index in [1.807, 2.05) is 5.43 Å². The first-order valence-corrected chi connectivity index (χ1v) is 4.19. The van der Waals surface area contributed by atoms with E-state index in [9.17, 15) is 4.79 Å². The molecule has 0 saturated carbocycles. The van der Waals surface area contributed by atoms with Crippen LogP contribution in [0.1, 0.15) is 10.6 Å². The topological polar surface area (TPSA) is 68.3 Å². The number of rotatable bonds is 1. The van der Waals surface area contributed by atoms with E-state index >= 15 is 0 Å². The van der Waals surface area contributed by atoms with Crippen LogP contribution in [0, 0.1) is 0 Å². The minimum Gasteiger partial charge on any atom is -0.443 e. The van der Waals surface area contributed by atoms with Gasteiger partial charge in [0.1, 0.15) is 0 Å². The molecule has 1 rings (SSSR count). The summed E-state index contributed by atoms with van der Waals surface area (Å²) in [6, 6.07) is 1.52. The summed E-state index contributed by atoms with van der Waals surface area (Å²) in [7, 11) is 0. The van der Waals surface area contributed by atoms with Gasteiger partial charge in [-0.25, -0.2) is 5.84 Å². The van der Waals surface area contributed by atoms with Gasteiger partial charge in [0.05, 0.1) is 4.47 Å². The highest BCUT2D eigenvalue weighted by Crippen LogP contribution is 2.26. The van der Waals surface area contributed by atoms with Crippen LogP contribution in [0.25, 0.3) is 0 Å². The molecule has 0 bridgehead atoms. The highest BCUT2D eigenvalue weighted by atomic mass is 79.9. The first kappa shape index (κ1) is 8.76. The van der Waals surface area contributed by atoms with Crippen molar-refractivity contribution < 1.29 is 9.21 Å². The molecule has 0 saturated heterocycles. The third-order valence-corrected chi connectivity index (χ3v) is 2.71. The summed E-state index contributed by atoms with van der Waals surface area (Å²) in [5.74, 6) is 4.57. The molecule has 0 radical (unpaired) electrons. The zero-order chi connectivity index (χ0) is 8.43. The van der Waals surface area contributed by atoms with Gasteiger partial charge in [0.25, 0.3) is 0 Å². The van der Waals surface area contributed by atoms with Crippen molar-refractivity contribution in [2.45, 2.75) is 0 Å². The number of amides is 1. The Hall–Kier alpha value is -0.330. The molecule has 0 fully saturated rings. The van der Waals surface area contributed by atoms with Gasteiger partial charge >= 0.3 is 5.91 Å². The lowest BCUT2D eigenvalue weighted by atomic mass is 10.4. The Morgan fingerprint density at radius 1 is 1.64 bits per heavy atom. The van der Waals surface area contributed by atoms with Crippen LogP contribution in [0.2, 0.25) is 0 Å². The largest absolute Gasteiger partial charge is 0.443 e. The van der Waals surface area contributed by atoms with Crippen LogP contribution in [0.4, 0.5) is 0 Å². The highest BCUT2D eigenvalue weighted by Gasteiger charge is 2.11. The van der Waals surface area contributed by atoms with Crippen LogP contribution in [-0.4, -0.2) is 5.91 Å². The Morgan fingerprint density at radius 2 is 2.27 bits per heavy atom. The van der Waals surface area contributed by atoms with Crippen molar-refractivity contribution in [1.29, 1.82) is 0 Å². The van der Waals surface area contributed by atoms with E-state index in [1.54, 1.807) is 0 Å². The summed E-state index contributed by atoms with van der Waals surface area (Å²) in [6.45, 7) is 0. The van der Waals surface area contributed by atoms with Crippen molar-refractivity contribution in [2.24, 2.45) is 5.84 Å². The van der Waals surface area contributed by atoms with Crippen LogP contribution in [0.15, 0.2) is 19.6 Å². The molecular weight excluding hydrogens is 280 g/mol. The van der Waals surface area contributed by atoms with E-state index in [2.05, 4.69) is 31.9 Å². The number of nitrogen functional groups attached to an aromatic ring is 1. The third-order valence-electron chi connectivity index (χ3n) is 1.00. The van der Waals surface area contributed by atoms with Crippen molar-refractivity contribution in [3.63, 3.8) is 0 Å². The fraction of sp³-hybridized carbons (Fsp3) is 0. The molecule has 1 amide bonds. The van der Waals surface area contributed by atoms with E-state index in [1.165, 1.54) is 6.07 Å². The molecule has 3 N–H and O–H groups in total. The number of hydrazine groups is 1. The van der Waals surface area contributed by atoms with Gasteiger partial charge in [-0.1, -0.05) is 0 Å².